The van der Waals surface area contributed by atoms with Gasteiger partial charge in [-0.1, -0.05) is 6.07 Å². The minimum absolute atomic E-state index is 0.119. The van der Waals surface area contributed by atoms with Crippen molar-refractivity contribution in [2.45, 2.75) is 19.9 Å². The zero-order chi connectivity index (χ0) is 23.4. The first-order valence-corrected chi connectivity index (χ1v) is 10.1. The molecule has 0 saturated heterocycles. The summed E-state index contributed by atoms with van der Waals surface area (Å²) >= 11 is 0. The van der Waals surface area contributed by atoms with E-state index in [9.17, 15) is 14.0 Å². The van der Waals surface area contributed by atoms with Gasteiger partial charge in [-0.15, -0.1) is 10.2 Å². The Morgan fingerprint density at radius 3 is 2.64 bits per heavy atom. The van der Waals surface area contributed by atoms with Crippen molar-refractivity contribution in [2.24, 2.45) is 0 Å². The molecule has 166 valence electrons. The van der Waals surface area contributed by atoms with Crippen LogP contribution in [-0.2, 0) is 0 Å². The minimum atomic E-state index is -0.734. The zero-order valence-electron chi connectivity index (χ0n) is 17.9. The summed E-state index contributed by atoms with van der Waals surface area (Å²) in [5, 5.41) is 13.2. The van der Waals surface area contributed by atoms with E-state index in [2.05, 4.69) is 30.8 Å². The van der Waals surface area contributed by atoms with E-state index < -0.39 is 17.6 Å². The molecule has 2 amide bonds. The summed E-state index contributed by atoms with van der Waals surface area (Å²) in [6.45, 7) is 3.97. The molecule has 0 aliphatic heterocycles. The number of nitrogens with zero attached hydrogens (tertiary/aromatic N) is 5. The maximum absolute atomic E-state index is 14.4. The third-order valence-corrected chi connectivity index (χ3v) is 4.74. The maximum Gasteiger partial charge on any atom is 0.259 e. The number of nitrogens with one attached hydrogen (secondary N) is 2. The predicted molar refractivity (Wildman–Crippen MR) is 120 cm³/mol. The van der Waals surface area contributed by atoms with Gasteiger partial charge < -0.3 is 15.2 Å². The summed E-state index contributed by atoms with van der Waals surface area (Å²) in [4.78, 5) is 33.4. The van der Waals surface area contributed by atoms with E-state index in [1.807, 2.05) is 18.4 Å². The molecule has 3 aromatic heterocycles. The lowest BCUT2D eigenvalue weighted by atomic mass is 10.1. The van der Waals surface area contributed by atoms with Crippen molar-refractivity contribution >= 4 is 23.3 Å². The SMILES string of the molecule is CC(C)n1cnnc1-c1cccc(NC(=O)c2cc(NC(=O)c3cccnc3)ccc2F)n1. The van der Waals surface area contributed by atoms with Crippen molar-refractivity contribution in [3.8, 4) is 11.5 Å². The van der Waals surface area contributed by atoms with Crippen LogP contribution in [0.2, 0.25) is 0 Å². The number of halogens is 1. The highest BCUT2D eigenvalue weighted by Crippen LogP contribution is 2.21. The molecule has 0 saturated carbocycles. The summed E-state index contributed by atoms with van der Waals surface area (Å²) in [7, 11) is 0. The van der Waals surface area contributed by atoms with Crippen LogP contribution in [0.3, 0.4) is 0 Å². The van der Waals surface area contributed by atoms with E-state index in [-0.39, 0.29) is 23.1 Å². The van der Waals surface area contributed by atoms with Crippen molar-refractivity contribution < 1.29 is 14.0 Å². The van der Waals surface area contributed by atoms with Crippen LogP contribution in [-0.4, -0.2) is 36.5 Å². The molecule has 0 radical (unpaired) electrons. The summed E-state index contributed by atoms with van der Waals surface area (Å²) in [5.74, 6) is -1.10. The van der Waals surface area contributed by atoms with E-state index in [1.54, 1.807) is 42.9 Å². The standard InChI is InChI=1S/C23H20FN7O2/c1-14(2)31-13-26-30-21(31)19-6-3-7-20(28-19)29-23(33)17-11-16(8-9-18(17)24)27-22(32)15-5-4-10-25-12-15/h3-14H,1-2H3,(H,27,32)(H,28,29,33). The lowest BCUT2D eigenvalue weighted by Crippen LogP contribution is -2.17. The number of aromatic nitrogens is 5. The molecule has 3 heterocycles. The normalized spacial score (nSPS) is 10.8. The van der Waals surface area contributed by atoms with Crippen LogP contribution in [0.1, 0.15) is 40.6 Å². The van der Waals surface area contributed by atoms with E-state index in [4.69, 9.17) is 0 Å². The second-order valence-electron chi connectivity index (χ2n) is 7.41. The summed E-state index contributed by atoms with van der Waals surface area (Å²) in [6.07, 6.45) is 4.56. The Morgan fingerprint density at radius 1 is 1.03 bits per heavy atom. The van der Waals surface area contributed by atoms with Gasteiger partial charge in [0.15, 0.2) is 5.82 Å². The van der Waals surface area contributed by atoms with E-state index in [0.29, 0.717) is 17.1 Å². The number of rotatable bonds is 6. The lowest BCUT2D eigenvalue weighted by Gasteiger charge is -2.11. The fourth-order valence-corrected chi connectivity index (χ4v) is 3.09. The first-order valence-electron chi connectivity index (χ1n) is 10.1. The zero-order valence-corrected chi connectivity index (χ0v) is 17.9. The van der Waals surface area contributed by atoms with E-state index >= 15 is 0 Å². The number of hydrogen-bond donors (Lipinski definition) is 2. The van der Waals surface area contributed by atoms with Crippen molar-refractivity contribution in [3.05, 3.63) is 84.2 Å². The number of carbonyl (C=O) groups is 2. The molecule has 0 bridgehead atoms. The third kappa shape index (κ3) is 4.90. The molecule has 0 aliphatic rings. The molecule has 0 atom stereocenters. The molecule has 0 fully saturated rings. The van der Waals surface area contributed by atoms with Gasteiger partial charge in [0, 0.05) is 24.1 Å². The molecule has 0 aliphatic carbocycles. The van der Waals surface area contributed by atoms with Gasteiger partial charge >= 0.3 is 0 Å². The Balaban J connectivity index is 1.54. The number of pyridine rings is 2. The first-order chi connectivity index (χ1) is 15.9. The van der Waals surface area contributed by atoms with Gasteiger partial charge in [0.05, 0.1) is 11.1 Å². The monoisotopic (exact) mass is 445 g/mol. The van der Waals surface area contributed by atoms with Crippen LogP contribution in [0.15, 0.2) is 67.3 Å². The fraction of sp³-hybridized carbons (Fsp3) is 0.130. The van der Waals surface area contributed by atoms with Gasteiger partial charge in [-0.05, 0) is 56.3 Å². The Kier molecular flexibility index (Phi) is 6.16. The second-order valence-corrected chi connectivity index (χ2v) is 7.41. The first kappa shape index (κ1) is 21.8. The average Bonchev–Trinajstić information content (AvgIpc) is 3.31. The van der Waals surface area contributed by atoms with Crippen molar-refractivity contribution in [1.82, 2.24) is 24.7 Å². The fourth-order valence-electron chi connectivity index (χ4n) is 3.09. The van der Waals surface area contributed by atoms with Crippen molar-refractivity contribution in [3.63, 3.8) is 0 Å². The molecule has 9 nitrogen and oxygen atoms in total. The Labute approximate surface area is 188 Å². The molecule has 10 heteroatoms. The molecule has 1 aromatic carbocycles. The van der Waals surface area contributed by atoms with Crippen molar-refractivity contribution in [2.75, 3.05) is 10.6 Å². The van der Waals surface area contributed by atoms with Crippen LogP contribution in [0.5, 0.6) is 0 Å². The van der Waals surface area contributed by atoms with Gasteiger partial charge in [0.25, 0.3) is 11.8 Å². The lowest BCUT2D eigenvalue weighted by molar-refractivity contribution is 0.101. The smallest absolute Gasteiger partial charge is 0.259 e. The number of amides is 2. The van der Waals surface area contributed by atoms with Gasteiger partial charge in [-0.2, -0.15) is 0 Å². The summed E-state index contributed by atoms with van der Waals surface area (Å²) in [6, 6.07) is 12.1. The highest BCUT2D eigenvalue weighted by molar-refractivity contribution is 6.07. The number of hydrogen-bond acceptors (Lipinski definition) is 6. The van der Waals surface area contributed by atoms with Gasteiger partial charge in [-0.25, -0.2) is 9.37 Å². The van der Waals surface area contributed by atoms with Crippen molar-refractivity contribution in [1.29, 1.82) is 0 Å². The number of benzene rings is 1. The molecule has 0 spiro atoms. The third-order valence-electron chi connectivity index (χ3n) is 4.74. The van der Waals surface area contributed by atoms with Crippen LogP contribution in [0, 0.1) is 5.82 Å². The largest absolute Gasteiger partial charge is 0.322 e. The maximum atomic E-state index is 14.4. The van der Waals surface area contributed by atoms with Gasteiger partial charge in [0.1, 0.15) is 23.7 Å². The average molecular weight is 445 g/mol. The van der Waals surface area contributed by atoms with Gasteiger partial charge in [-0.3, -0.25) is 14.6 Å². The molecule has 4 rings (SSSR count). The highest BCUT2D eigenvalue weighted by atomic mass is 19.1. The topological polar surface area (TPSA) is 115 Å². The Morgan fingerprint density at radius 2 is 1.88 bits per heavy atom. The molecule has 0 unspecified atom stereocenters. The van der Waals surface area contributed by atoms with E-state index in [1.165, 1.54) is 18.3 Å². The van der Waals surface area contributed by atoms with Crippen LogP contribution < -0.4 is 10.6 Å². The summed E-state index contributed by atoms with van der Waals surface area (Å²) in [5.41, 5.74) is 0.874. The quantitative estimate of drug-likeness (QED) is 0.464. The van der Waals surface area contributed by atoms with Crippen LogP contribution in [0.4, 0.5) is 15.9 Å². The Bertz CT molecular complexity index is 1310. The van der Waals surface area contributed by atoms with Crippen LogP contribution >= 0.6 is 0 Å². The number of carbonyl (C=O) groups excluding carboxylic acids is 2. The Hall–Kier alpha value is -4.47. The minimum Gasteiger partial charge on any atom is -0.322 e. The summed E-state index contributed by atoms with van der Waals surface area (Å²) < 4.78 is 16.3. The molecular weight excluding hydrogens is 425 g/mol. The second kappa shape index (κ2) is 9.35. The molecule has 4 aromatic rings. The predicted octanol–water partition coefficient (Wildman–Crippen LogP) is 3.96. The van der Waals surface area contributed by atoms with Gasteiger partial charge in [0.2, 0.25) is 0 Å². The highest BCUT2D eigenvalue weighted by Gasteiger charge is 2.16. The molecule has 33 heavy (non-hydrogen) atoms. The van der Waals surface area contributed by atoms with E-state index in [0.717, 1.165) is 6.07 Å². The van der Waals surface area contributed by atoms with Crippen LogP contribution in [0.25, 0.3) is 11.5 Å². The molecular formula is C23H20FN7O2. The molecule has 2 N–H and O–H groups in total. The number of anilines is 2.